The van der Waals surface area contributed by atoms with Gasteiger partial charge in [-0.05, 0) is 12.1 Å². The smallest absolute Gasteiger partial charge is 0.291 e. The lowest BCUT2D eigenvalue weighted by Gasteiger charge is -2.47. The number of nitrogens with zero attached hydrogens (tertiary/aromatic N) is 5. The van der Waals surface area contributed by atoms with Gasteiger partial charge in [0.15, 0.2) is 15.8 Å². The molecule has 1 saturated heterocycles. The third kappa shape index (κ3) is 5.55. The Bertz CT molecular complexity index is 1380. The lowest BCUT2D eigenvalue weighted by atomic mass is 9.99. The first-order chi connectivity index (χ1) is 17.3. The Balaban J connectivity index is 1.75. The third-order valence-electron chi connectivity index (χ3n) is 5.79. The predicted molar refractivity (Wildman–Crippen MR) is 132 cm³/mol. The van der Waals surface area contributed by atoms with Crippen LogP contribution in [0.1, 0.15) is 11.4 Å². The van der Waals surface area contributed by atoms with Crippen LogP contribution >= 0.6 is 22.9 Å². The number of alkyl halides is 4. The van der Waals surface area contributed by atoms with E-state index in [2.05, 4.69) is 34.8 Å². The molecule has 0 N–H and O–H groups in total. The summed E-state index contributed by atoms with van der Waals surface area (Å²) >= 11 is 6.92. The van der Waals surface area contributed by atoms with Gasteiger partial charge in [-0.25, -0.2) is 31.0 Å². The van der Waals surface area contributed by atoms with Crippen molar-refractivity contribution in [1.29, 1.82) is 0 Å². The molecule has 9 nitrogen and oxygen atoms in total. The normalized spacial score (nSPS) is 16.3. The molecule has 4 rings (SSSR count). The average molecular weight is 602 g/mol. The summed E-state index contributed by atoms with van der Waals surface area (Å²) in [5.74, 6) is 0.0202. The molecule has 0 unspecified atom stereocenters. The van der Waals surface area contributed by atoms with Crippen molar-refractivity contribution in [3.63, 3.8) is 0 Å². The molecular formula is C20H24ClF4N5O4S2Si. The van der Waals surface area contributed by atoms with Crippen molar-refractivity contribution in [2.45, 2.75) is 49.0 Å². The van der Waals surface area contributed by atoms with E-state index in [9.17, 15) is 26.0 Å². The molecule has 0 radical (unpaired) electrons. The standard InChI is InChI=1S/C20H24ClF4N5O4S2Si/c1-37(2,3)5-4-33-11-30(20(19(24)25)9-34-10-20)36(31,32)12-6-13(21)14-7-26-16(29(14)8-12)18-28-27-17(35-18)15(22)23/h6-8,15,19H,4-5,9-11H2,1-3H3. The largest absolute Gasteiger partial charge is 0.377 e. The molecule has 1 aliphatic heterocycles. The Morgan fingerprint density at radius 3 is 2.51 bits per heavy atom. The fourth-order valence-electron chi connectivity index (χ4n) is 3.52. The molecule has 0 spiro atoms. The summed E-state index contributed by atoms with van der Waals surface area (Å²) in [6.07, 6.45) is -3.44. The second-order valence-corrected chi connectivity index (χ2v) is 18.6. The molecule has 1 fully saturated rings. The highest BCUT2D eigenvalue weighted by atomic mass is 35.5. The SMILES string of the molecule is C[Si](C)(C)CCOCN(C1(C(F)F)COC1)S(=O)(=O)c1cc(Cl)c2cnc(-c3nnc(C(F)F)s3)n2c1. The average Bonchev–Trinajstić information content (AvgIpc) is 3.40. The number of rotatable bonds is 11. The molecule has 0 amide bonds. The van der Waals surface area contributed by atoms with Crippen molar-refractivity contribution in [1.82, 2.24) is 23.9 Å². The summed E-state index contributed by atoms with van der Waals surface area (Å²) in [5, 5.41) is 6.56. The number of hydrogen-bond donors (Lipinski definition) is 0. The van der Waals surface area contributed by atoms with Gasteiger partial charge in [-0.1, -0.05) is 42.6 Å². The van der Waals surface area contributed by atoms with Crippen LogP contribution in [0.2, 0.25) is 30.7 Å². The summed E-state index contributed by atoms with van der Waals surface area (Å²) in [7, 11) is -6.13. The molecule has 3 aromatic heterocycles. The van der Waals surface area contributed by atoms with E-state index in [1.54, 1.807) is 0 Å². The Hall–Kier alpha value is -1.69. The van der Waals surface area contributed by atoms with Gasteiger partial charge in [0.25, 0.3) is 12.9 Å². The first-order valence-corrected chi connectivity index (χ1v) is 17.4. The van der Waals surface area contributed by atoms with Crippen LogP contribution in [0.3, 0.4) is 0 Å². The molecule has 0 saturated carbocycles. The van der Waals surface area contributed by atoms with Gasteiger partial charge in [0.05, 0.1) is 29.9 Å². The van der Waals surface area contributed by atoms with Crippen LogP contribution in [-0.2, 0) is 19.5 Å². The number of aromatic nitrogens is 4. The molecule has 204 valence electrons. The number of fused-ring (bicyclic) bond motifs is 1. The molecule has 0 aromatic carbocycles. The summed E-state index contributed by atoms with van der Waals surface area (Å²) < 4.78 is 94.5. The van der Waals surface area contributed by atoms with E-state index >= 15 is 0 Å². The van der Waals surface area contributed by atoms with Crippen LogP contribution in [0.5, 0.6) is 0 Å². The van der Waals surface area contributed by atoms with Gasteiger partial charge in [0.2, 0.25) is 10.0 Å². The maximum absolute atomic E-state index is 14.2. The summed E-state index contributed by atoms with van der Waals surface area (Å²) in [5.41, 5.74) is -1.85. The van der Waals surface area contributed by atoms with Crippen molar-refractivity contribution >= 4 is 46.6 Å². The minimum Gasteiger partial charge on any atom is -0.377 e. The topological polar surface area (TPSA) is 98.9 Å². The van der Waals surface area contributed by atoms with Crippen LogP contribution in [0.25, 0.3) is 16.3 Å². The van der Waals surface area contributed by atoms with Crippen molar-refractivity contribution in [3.05, 3.63) is 28.5 Å². The van der Waals surface area contributed by atoms with E-state index in [4.69, 9.17) is 21.1 Å². The number of pyridine rings is 1. The third-order valence-corrected chi connectivity index (χ3v) is 10.6. The van der Waals surface area contributed by atoms with E-state index < -0.39 is 66.3 Å². The van der Waals surface area contributed by atoms with E-state index in [1.807, 2.05) is 0 Å². The quantitative estimate of drug-likeness (QED) is 0.135. The summed E-state index contributed by atoms with van der Waals surface area (Å²) in [6, 6.07) is 1.83. The first-order valence-electron chi connectivity index (χ1n) is 11.0. The summed E-state index contributed by atoms with van der Waals surface area (Å²) in [4.78, 5) is 3.71. The van der Waals surface area contributed by atoms with Gasteiger partial charge >= 0.3 is 0 Å². The molecular weight excluding hydrogens is 578 g/mol. The zero-order valence-electron chi connectivity index (χ0n) is 20.0. The lowest BCUT2D eigenvalue weighted by molar-refractivity contribution is -0.192. The van der Waals surface area contributed by atoms with Crippen LogP contribution < -0.4 is 0 Å². The number of sulfonamides is 1. The van der Waals surface area contributed by atoms with Gasteiger partial charge in [0.1, 0.15) is 17.2 Å². The van der Waals surface area contributed by atoms with Gasteiger partial charge < -0.3 is 9.47 Å². The second-order valence-electron chi connectivity index (χ2n) is 9.71. The Morgan fingerprint density at radius 1 is 1.27 bits per heavy atom. The van der Waals surface area contributed by atoms with Crippen molar-refractivity contribution < 1.29 is 35.5 Å². The highest BCUT2D eigenvalue weighted by molar-refractivity contribution is 7.89. The highest BCUT2D eigenvalue weighted by Crippen LogP contribution is 2.38. The molecule has 1 aliphatic rings. The number of ether oxygens (including phenoxy) is 2. The van der Waals surface area contributed by atoms with Crippen molar-refractivity contribution in [3.8, 4) is 10.8 Å². The van der Waals surface area contributed by atoms with Gasteiger partial charge in [-0.2, -0.15) is 4.31 Å². The Kier molecular flexibility index (Phi) is 8.01. The number of hydrogen-bond acceptors (Lipinski definition) is 8. The number of imidazole rings is 1. The molecule has 3 aromatic rings. The summed E-state index contributed by atoms with van der Waals surface area (Å²) in [6.45, 7) is 4.90. The molecule has 37 heavy (non-hydrogen) atoms. The molecule has 17 heteroatoms. The fraction of sp³-hybridized carbons (Fsp3) is 0.550. The van der Waals surface area contributed by atoms with E-state index in [1.165, 1.54) is 10.6 Å². The van der Waals surface area contributed by atoms with Crippen molar-refractivity contribution in [2.75, 3.05) is 26.6 Å². The maximum atomic E-state index is 14.2. The van der Waals surface area contributed by atoms with Gasteiger partial charge in [-0.15, -0.1) is 10.2 Å². The van der Waals surface area contributed by atoms with Crippen LogP contribution in [0.15, 0.2) is 23.4 Å². The zero-order valence-corrected chi connectivity index (χ0v) is 23.4. The Labute approximate surface area is 220 Å². The maximum Gasteiger partial charge on any atom is 0.291 e. The minimum absolute atomic E-state index is 0.00361. The minimum atomic E-state index is -4.61. The van der Waals surface area contributed by atoms with E-state index in [0.29, 0.717) is 21.7 Å². The van der Waals surface area contributed by atoms with E-state index in [0.717, 1.165) is 12.3 Å². The van der Waals surface area contributed by atoms with Crippen molar-refractivity contribution in [2.24, 2.45) is 0 Å². The second kappa shape index (κ2) is 10.5. The lowest BCUT2D eigenvalue weighted by Crippen LogP contribution is -2.68. The first kappa shape index (κ1) is 28.3. The van der Waals surface area contributed by atoms with Crippen LogP contribution in [0, 0.1) is 0 Å². The molecule has 0 bridgehead atoms. The molecule has 4 heterocycles. The number of halogens is 5. The highest BCUT2D eigenvalue weighted by Gasteiger charge is 2.57. The fourth-order valence-corrected chi connectivity index (χ4v) is 6.93. The van der Waals surface area contributed by atoms with E-state index in [-0.39, 0.29) is 28.0 Å². The van der Waals surface area contributed by atoms with Gasteiger partial charge in [-0.3, -0.25) is 4.40 Å². The van der Waals surface area contributed by atoms with Gasteiger partial charge in [0, 0.05) is 20.9 Å². The predicted octanol–water partition coefficient (Wildman–Crippen LogP) is 4.78. The van der Waals surface area contributed by atoms with Crippen LogP contribution in [-0.4, -0.2) is 78.9 Å². The molecule has 0 atom stereocenters. The zero-order chi connectivity index (χ0) is 27.2. The van der Waals surface area contributed by atoms with Crippen LogP contribution in [0.4, 0.5) is 17.6 Å². The monoisotopic (exact) mass is 601 g/mol. The molecule has 0 aliphatic carbocycles. The Morgan fingerprint density at radius 2 is 1.97 bits per heavy atom.